The molecule has 0 bridgehead atoms. The molecule has 1 fully saturated rings. The topological polar surface area (TPSA) is 90.0 Å². The Labute approximate surface area is 101 Å². The lowest BCUT2D eigenvalue weighted by Gasteiger charge is -2.24. The Kier molecular flexibility index (Phi) is 3.28. The molecule has 0 spiro atoms. The molecule has 1 aliphatic rings. The lowest BCUT2D eigenvalue weighted by molar-refractivity contribution is 0.307. The van der Waals surface area contributed by atoms with E-state index in [4.69, 9.17) is 5.73 Å². The molecule has 1 heterocycles. The minimum atomic E-state index is -3.31. The van der Waals surface area contributed by atoms with Crippen LogP contribution in [-0.2, 0) is 17.1 Å². The van der Waals surface area contributed by atoms with Crippen molar-refractivity contribution >= 4 is 21.5 Å². The number of hydrogen-bond acceptors (Lipinski definition) is 4. The molecule has 1 saturated carbocycles. The van der Waals surface area contributed by atoms with Gasteiger partial charge in [0.15, 0.2) is 5.82 Å². The van der Waals surface area contributed by atoms with Crippen molar-refractivity contribution in [3.05, 3.63) is 6.20 Å². The van der Waals surface area contributed by atoms with Gasteiger partial charge in [-0.15, -0.1) is 0 Å². The van der Waals surface area contributed by atoms with E-state index in [9.17, 15) is 8.42 Å². The first-order valence-corrected chi connectivity index (χ1v) is 7.41. The van der Waals surface area contributed by atoms with Gasteiger partial charge in [-0.3, -0.25) is 9.40 Å². The Morgan fingerprint density at radius 3 is 2.76 bits per heavy atom. The summed E-state index contributed by atoms with van der Waals surface area (Å²) in [6, 6.07) is 0. The Morgan fingerprint density at radius 2 is 2.29 bits per heavy atom. The van der Waals surface area contributed by atoms with Gasteiger partial charge in [-0.1, -0.05) is 19.3 Å². The quantitative estimate of drug-likeness (QED) is 0.822. The van der Waals surface area contributed by atoms with Gasteiger partial charge in [0, 0.05) is 7.05 Å². The smallest absolute Gasteiger partial charge is 0.233 e. The van der Waals surface area contributed by atoms with Gasteiger partial charge in [0.05, 0.1) is 17.6 Å². The maximum absolute atomic E-state index is 11.8. The molecular formula is C10H18N4O2S. The van der Waals surface area contributed by atoms with E-state index in [1.807, 2.05) is 0 Å². The predicted octanol–water partition coefficient (Wildman–Crippen LogP) is 0.934. The van der Waals surface area contributed by atoms with Crippen LogP contribution in [0, 0.1) is 5.92 Å². The molecule has 0 amide bonds. The largest absolute Gasteiger partial charge is 0.394 e. The molecule has 3 N–H and O–H groups in total. The van der Waals surface area contributed by atoms with Crippen LogP contribution in [0.4, 0.5) is 11.5 Å². The van der Waals surface area contributed by atoms with Gasteiger partial charge in [0.1, 0.15) is 0 Å². The van der Waals surface area contributed by atoms with Crippen LogP contribution in [0.2, 0.25) is 0 Å². The number of nitrogens with zero attached hydrogens (tertiary/aromatic N) is 2. The van der Waals surface area contributed by atoms with E-state index >= 15 is 0 Å². The first-order chi connectivity index (χ1) is 7.98. The fourth-order valence-corrected chi connectivity index (χ4v) is 3.17. The number of nitrogen functional groups attached to an aromatic ring is 1. The maximum Gasteiger partial charge on any atom is 0.233 e. The molecule has 0 atom stereocenters. The van der Waals surface area contributed by atoms with Crippen molar-refractivity contribution in [2.75, 3.05) is 16.2 Å². The van der Waals surface area contributed by atoms with E-state index in [-0.39, 0.29) is 5.75 Å². The minimum Gasteiger partial charge on any atom is -0.394 e. The average molecular weight is 258 g/mol. The van der Waals surface area contributed by atoms with Gasteiger partial charge in [-0.2, -0.15) is 5.10 Å². The molecule has 0 saturated heterocycles. The van der Waals surface area contributed by atoms with Gasteiger partial charge in [0.2, 0.25) is 10.0 Å². The molecule has 0 aromatic carbocycles. The lowest BCUT2D eigenvalue weighted by Crippen LogP contribution is -2.23. The highest BCUT2D eigenvalue weighted by atomic mass is 32.2. The number of aromatic nitrogens is 2. The van der Waals surface area contributed by atoms with E-state index < -0.39 is 10.0 Å². The zero-order valence-corrected chi connectivity index (χ0v) is 10.7. The molecule has 1 aromatic heterocycles. The van der Waals surface area contributed by atoms with Crippen molar-refractivity contribution in [1.82, 2.24) is 9.78 Å². The zero-order valence-electron chi connectivity index (χ0n) is 9.89. The molecule has 96 valence electrons. The number of hydrogen-bond donors (Lipinski definition) is 2. The summed E-state index contributed by atoms with van der Waals surface area (Å²) >= 11 is 0. The SMILES string of the molecule is Cn1ncc(N)c1NS(=O)(=O)CCC1CCC1. The molecule has 0 radical (unpaired) electrons. The summed E-state index contributed by atoms with van der Waals surface area (Å²) in [5.41, 5.74) is 5.98. The number of rotatable bonds is 5. The van der Waals surface area contributed by atoms with Gasteiger partial charge in [-0.25, -0.2) is 8.42 Å². The van der Waals surface area contributed by atoms with Crippen LogP contribution in [0.15, 0.2) is 6.20 Å². The Bertz CT molecular complexity index is 471. The summed E-state index contributed by atoms with van der Waals surface area (Å²) in [4.78, 5) is 0. The normalized spacial score (nSPS) is 16.8. The van der Waals surface area contributed by atoms with E-state index in [2.05, 4.69) is 9.82 Å². The number of nitrogens with two attached hydrogens (primary N) is 1. The third-order valence-corrected chi connectivity index (χ3v) is 4.52. The van der Waals surface area contributed by atoms with E-state index in [1.165, 1.54) is 17.3 Å². The average Bonchev–Trinajstić information content (AvgIpc) is 2.46. The Hall–Kier alpha value is -1.24. The zero-order chi connectivity index (χ0) is 12.5. The van der Waals surface area contributed by atoms with E-state index in [0.717, 1.165) is 19.3 Å². The molecule has 0 unspecified atom stereocenters. The number of nitrogens with one attached hydrogen (secondary N) is 1. The molecule has 1 aliphatic carbocycles. The van der Waals surface area contributed by atoms with Crippen LogP contribution in [0.5, 0.6) is 0 Å². The molecule has 17 heavy (non-hydrogen) atoms. The predicted molar refractivity (Wildman–Crippen MR) is 67.0 cm³/mol. The van der Waals surface area contributed by atoms with Crippen LogP contribution >= 0.6 is 0 Å². The van der Waals surface area contributed by atoms with Crippen LogP contribution in [-0.4, -0.2) is 24.0 Å². The third-order valence-electron chi connectivity index (χ3n) is 3.24. The van der Waals surface area contributed by atoms with Gasteiger partial charge in [0.25, 0.3) is 0 Å². The highest BCUT2D eigenvalue weighted by Gasteiger charge is 2.21. The number of sulfonamides is 1. The van der Waals surface area contributed by atoms with Crippen molar-refractivity contribution in [1.29, 1.82) is 0 Å². The lowest BCUT2D eigenvalue weighted by atomic mass is 9.84. The highest BCUT2D eigenvalue weighted by molar-refractivity contribution is 7.92. The van der Waals surface area contributed by atoms with Crippen molar-refractivity contribution in [2.24, 2.45) is 13.0 Å². The van der Waals surface area contributed by atoms with Gasteiger partial charge in [-0.05, 0) is 12.3 Å². The molecule has 2 rings (SSSR count). The summed E-state index contributed by atoms with van der Waals surface area (Å²) in [6.45, 7) is 0. The number of anilines is 2. The second-order valence-electron chi connectivity index (χ2n) is 4.58. The van der Waals surface area contributed by atoms with Crippen molar-refractivity contribution in [3.63, 3.8) is 0 Å². The second kappa shape index (κ2) is 4.56. The molecular weight excluding hydrogens is 240 g/mol. The van der Waals surface area contributed by atoms with Crippen LogP contribution < -0.4 is 10.5 Å². The fraction of sp³-hybridized carbons (Fsp3) is 0.700. The van der Waals surface area contributed by atoms with E-state index in [1.54, 1.807) is 7.05 Å². The maximum atomic E-state index is 11.8. The van der Waals surface area contributed by atoms with Crippen molar-refractivity contribution in [3.8, 4) is 0 Å². The monoisotopic (exact) mass is 258 g/mol. The van der Waals surface area contributed by atoms with Gasteiger partial charge >= 0.3 is 0 Å². The Morgan fingerprint density at radius 1 is 1.59 bits per heavy atom. The molecule has 0 aliphatic heterocycles. The summed E-state index contributed by atoms with van der Waals surface area (Å²) < 4.78 is 27.6. The standard InChI is InChI=1S/C10H18N4O2S/c1-14-10(9(11)7-12-14)13-17(15,16)6-5-8-3-2-4-8/h7-8,13H,2-6,11H2,1H3. The van der Waals surface area contributed by atoms with Crippen LogP contribution in [0.1, 0.15) is 25.7 Å². The molecule has 6 nitrogen and oxygen atoms in total. The first-order valence-electron chi connectivity index (χ1n) is 5.76. The fourth-order valence-electron chi connectivity index (χ4n) is 1.88. The second-order valence-corrected chi connectivity index (χ2v) is 6.42. The number of aryl methyl sites for hydroxylation is 1. The van der Waals surface area contributed by atoms with Crippen molar-refractivity contribution < 1.29 is 8.42 Å². The Balaban J connectivity index is 1.96. The summed E-state index contributed by atoms with van der Waals surface area (Å²) in [7, 11) is -1.66. The summed E-state index contributed by atoms with van der Waals surface area (Å²) in [5.74, 6) is 1.08. The van der Waals surface area contributed by atoms with Crippen LogP contribution in [0.3, 0.4) is 0 Å². The van der Waals surface area contributed by atoms with Crippen molar-refractivity contribution in [2.45, 2.75) is 25.7 Å². The summed E-state index contributed by atoms with van der Waals surface area (Å²) in [5, 5.41) is 3.89. The minimum absolute atomic E-state index is 0.155. The third kappa shape index (κ3) is 2.91. The van der Waals surface area contributed by atoms with E-state index in [0.29, 0.717) is 17.4 Å². The highest BCUT2D eigenvalue weighted by Crippen LogP contribution is 2.30. The van der Waals surface area contributed by atoms with Gasteiger partial charge < -0.3 is 5.73 Å². The first kappa shape index (κ1) is 12.2. The summed E-state index contributed by atoms with van der Waals surface area (Å²) in [6.07, 6.45) is 5.70. The molecule has 7 heteroatoms. The van der Waals surface area contributed by atoms with Crippen LogP contribution in [0.25, 0.3) is 0 Å². The molecule has 1 aromatic rings.